The number of H-pyrrole nitrogens is 1. The zero-order valence-electron chi connectivity index (χ0n) is 17.0. The second-order valence-electron chi connectivity index (χ2n) is 7.30. The van der Waals surface area contributed by atoms with Gasteiger partial charge in [-0.3, -0.25) is 5.10 Å². The second-order valence-corrected chi connectivity index (χ2v) is 9.24. The lowest BCUT2D eigenvalue weighted by Gasteiger charge is -2.30. The molecule has 1 saturated heterocycles. The lowest BCUT2D eigenvalue weighted by Crippen LogP contribution is -2.37. The van der Waals surface area contributed by atoms with Crippen LogP contribution in [0.3, 0.4) is 0 Å². The molecule has 0 saturated carbocycles. The molecule has 30 heavy (non-hydrogen) atoms. The third-order valence-corrected chi connectivity index (χ3v) is 7.43. The Morgan fingerprint density at radius 2 is 1.63 bits per heavy atom. The van der Waals surface area contributed by atoms with Gasteiger partial charge in [-0.2, -0.15) is 9.40 Å². The van der Waals surface area contributed by atoms with Crippen LogP contribution in [0.5, 0.6) is 11.5 Å². The Morgan fingerprint density at radius 1 is 0.967 bits per heavy atom. The molecule has 0 amide bonds. The van der Waals surface area contributed by atoms with Crippen LogP contribution in [0.15, 0.2) is 59.5 Å². The van der Waals surface area contributed by atoms with Crippen molar-refractivity contribution in [2.45, 2.75) is 23.7 Å². The van der Waals surface area contributed by atoms with Gasteiger partial charge in [0.2, 0.25) is 10.0 Å². The first-order chi connectivity index (χ1) is 14.5. The third kappa shape index (κ3) is 4.06. The minimum Gasteiger partial charge on any atom is -0.497 e. The fourth-order valence-corrected chi connectivity index (χ4v) is 5.30. The second kappa shape index (κ2) is 8.49. The van der Waals surface area contributed by atoms with Crippen molar-refractivity contribution in [2.24, 2.45) is 0 Å². The van der Waals surface area contributed by atoms with Gasteiger partial charge in [0.15, 0.2) is 0 Å². The highest BCUT2D eigenvalue weighted by Crippen LogP contribution is 2.32. The molecule has 0 atom stereocenters. The maximum Gasteiger partial charge on any atom is 0.243 e. The van der Waals surface area contributed by atoms with Crippen molar-refractivity contribution in [3.8, 4) is 22.8 Å². The monoisotopic (exact) mass is 427 g/mol. The Bertz CT molecular complexity index is 1120. The maximum absolute atomic E-state index is 13.0. The molecule has 0 bridgehead atoms. The minimum absolute atomic E-state index is 0.244. The molecule has 158 valence electrons. The Kier molecular flexibility index (Phi) is 5.78. The van der Waals surface area contributed by atoms with Gasteiger partial charge in [0.1, 0.15) is 11.5 Å². The first-order valence-corrected chi connectivity index (χ1v) is 11.3. The number of aromatic amines is 1. The standard InChI is InChI=1S/C22H25N3O4S/c1-28-18-6-3-5-17(13-18)22-15-21(23-24-22)16-9-11-25(12-10-16)30(26,27)20-8-4-7-19(14-20)29-2/h3-8,13-16H,9-12H2,1-2H3,(H,23,24). The number of ether oxygens (including phenoxy) is 2. The van der Waals surface area contributed by atoms with Crippen molar-refractivity contribution in [2.75, 3.05) is 27.3 Å². The minimum atomic E-state index is -3.53. The molecule has 1 aromatic heterocycles. The number of piperidine rings is 1. The first kappa shape index (κ1) is 20.4. The molecular weight excluding hydrogens is 402 g/mol. The molecular formula is C22H25N3O4S. The molecule has 1 aliphatic rings. The van der Waals surface area contributed by atoms with E-state index in [1.54, 1.807) is 35.7 Å². The zero-order chi connectivity index (χ0) is 21.1. The Labute approximate surface area is 176 Å². The lowest BCUT2D eigenvalue weighted by molar-refractivity contribution is 0.316. The predicted octanol–water partition coefficient (Wildman–Crippen LogP) is 3.66. The fourth-order valence-electron chi connectivity index (χ4n) is 3.79. The molecule has 1 aliphatic heterocycles. The van der Waals surface area contributed by atoms with Crippen LogP contribution in [0.2, 0.25) is 0 Å². The van der Waals surface area contributed by atoms with E-state index in [1.807, 2.05) is 30.3 Å². The Balaban J connectivity index is 1.45. The van der Waals surface area contributed by atoms with E-state index in [0.29, 0.717) is 18.8 Å². The Hall–Kier alpha value is -2.84. The van der Waals surface area contributed by atoms with Crippen LogP contribution in [-0.4, -0.2) is 50.2 Å². The zero-order valence-corrected chi connectivity index (χ0v) is 17.9. The van der Waals surface area contributed by atoms with Crippen LogP contribution in [0.1, 0.15) is 24.5 Å². The maximum atomic E-state index is 13.0. The van der Waals surface area contributed by atoms with Crippen molar-refractivity contribution in [3.63, 3.8) is 0 Å². The molecule has 2 heterocycles. The van der Waals surface area contributed by atoms with E-state index in [0.717, 1.165) is 35.5 Å². The van der Waals surface area contributed by atoms with Gasteiger partial charge in [-0.1, -0.05) is 18.2 Å². The molecule has 3 aromatic rings. The van der Waals surface area contributed by atoms with Crippen molar-refractivity contribution >= 4 is 10.0 Å². The number of sulfonamides is 1. The Morgan fingerprint density at radius 3 is 2.33 bits per heavy atom. The summed E-state index contributed by atoms with van der Waals surface area (Å²) in [5, 5.41) is 7.58. The van der Waals surface area contributed by atoms with E-state index < -0.39 is 10.0 Å². The molecule has 0 unspecified atom stereocenters. The first-order valence-electron chi connectivity index (χ1n) is 9.85. The number of rotatable bonds is 6. The summed E-state index contributed by atoms with van der Waals surface area (Å²) in [5.74, 6) is 1.57. The number of benzene rings is 2. The van der Waals surface area contributed by atoms with E-state index >= 15 is 0 Å². The van der Waals surface area contributed by atoms with E-state index in [2.05, 4.69) is 10.2 Å². The van der Waals surface area contributed by atoms with Crippen molar-refractivity contribution in [1.82, 2.24) is 14.5 Å². The molecule has 0 radical (unpaired) electrons. The third-order valence-electron chi connectivity index (χ3n) is 5.54. The van der Waals surface area contributed by atoms with Crippen molar-refractivity contribution in [1.29, 1.82) is 0 Å². The summed E-state index contributed by atoms with van der Waals surface area (Å²) in [5.41, 5.74) is 2.87. The molecule has 4 rings (SSSR count). The highest BCUT2D eigenvalue weighted by molar-refractivity contribution is 7.89. The van der Waals surface area contributed by atoms with Gasteiger partial charge in [-0.15, -0.1) is 0 Å². The number of nitrogens with one attached hydrogen (secondary N) is 1. The molecule has 0 spiro atoms. The lowest BCUT2D eigenvalue weighted by atomic mass is 9.94. The van der Waals surface area contributed by atoms with Crippen LogP contribution >= 0.6 is 0 Å². The van der Waals surface area contributed by atoms with Gasteiger partial charge in [-0.25, -0.2) is 8.42 Å². The highest BCUT2D eigenvalue weighted by atomic mass is 32.2. The van der Waals surface area contributed by atoms with E-state index in [9.17, 15) is 8.42 Å². The van der Waals surface area contributed by atoms with Crippen LogP contribution in [0, 0.1) is 0 Å². The van der Waals surface area contributed by atoms with Crippen LogP contribution in [0.4, 0.5) is 0 Å². The van der Waals surface area contributed by atoms with Gasteiger partial charge in [-0.05, 0) is 43.2 Å². The predicted molar refractivity (Wildman–Crippen MR) is 114 cm³/mol. The summed E-state index contributed by atoms with van der Waals surface area (Å²) < 4.78 is 38.0. The summed E-state index contributed by atoms with van der Waals surface area (Å²) in [6.07, 6.45) is 1.48. The molecule has 2 aromatic carbocycles. The summed E-state index contributed by atoms with van der Waals surface area (Å²) in [4.78, 5) is 0.266. The smallest absolute Gasteiger partial charge is 0.243 e. The molecule has 7 nitrogen and oxygen atoms in total. The van der Waals surface area contributed by atoms with E-state index in [1.165, 1.54) is 7.11 Å². The summed E-state index contributed by atoms with van der Waals surface area (Å²) in [6, 6.07) is 16.4. The summed E-state index contributed by atoms with van der Waals surface area (Å²) in [7, 11) is -0.362. The number of aromatic nitrogens is 2. The number of nitrogens with zero attached hydrogens (tertiary/aromatic N) is 2. The normalized spacial score (nSPS) is 15.8. The largest absolute Gasteiger partial charge is 0.497 e. The van der Waals surface area contributed by atoms with Crippen molar-refractivity contribution in [3.05, 3.63) is 60.3 Å². The van der Waals surface area contributed by atoms with Gasteiger partial charge >= 0.3 is 0 Å². The molecule has 1 fully saturated rings. The quantitative estimate of drug-likeness (QED) is 0.649. The van der Waals surface area contributed by atoms with Gasteiger partial charge in [0.25, 0.3) is 0 Å². The average Bonchev–Trinajstić information content (AvgIpc) is 3.29. The molecule has 1 N–H and O–H groups in total. The number of methoxy groups -OCH3 is 2. The SMILES string of the molecule is COc1cccc(-c2cc(C3CCN(S(=O)(=O)c4cccc(OC)c4)CC3)[nH]n2)c1. The van der Waals surface area contributed by atoms with Gasteiger partial charge in [0, 0.05) is 36.3 Å². The summed E-state index contributed by atoms with van der Waals surface area (Å²) >= 11 is 0. The van der Waals surface area contributed by atoms with Crippen molar-refractivity contribution < 1.29 is 17.9 Å². The van der Waals surface area contributed by atoms with Crippen LogP contribution in [-0.2, 0) is 10.0 Å². The fraction of sp³-hybridized carbons (Fsp3) is 0.318. The van der Waals surface area contributed by atoms with E-state index in [4.69, 9.17) is 9.47 Å². The average molecular weight is 428 g/mol. The number of hydrogen-bond donors (Lipinski definition) is 1. The highest BCUT2D eigenvalue weighted by Gasteiger charge is 2.31. The molecule has 8 heteroatoms. The topological polar surface area (TPSA) is 84.5 Å². The summed E-state index contributed by atoms with van der Waals surface area (Å²) in [6.45, 7) is 0.940. The van der Waals surface area contributed by atoms with Gasteiger partial charge in [0.05, 0.1) is 24.8 Å². The van der Waals surface area contributed by atoms with Gasteiger partial charge < -0.3 is 9.47 Å². The van der Waals surface area contributed by atoms with Crippen LogP contribution in [0.25, 0.3) is 11.3 Å². The molecule has 0 aliphatic carbocycles. The van der Waals surface area contributed by atoms with Crippen LogP contribution < -0.4 is 9.47 Å². The van der Waals surface area contributed by atoms with E-state index in [-0.39, 0.29) is 10.8 Å². The number of hydrogen-bond acceptors (Lipinski definition) is 5.